The van der Waals surface area contributed by atoms with Gasteiger partial charge < -0.3 is 10.1 Å². The molecule has 1 amide bonds. The normalized spacial score (nSPS) is 17.9. The van der Waals surface area contributed by atoms with Crippen molar-refractivity contribution in [1.82, 2.24) is 10.2 Å². The van der Waals surface area contributed by atoms with Crippen molar-refractivity contribution in [2.24, 2.45) is 5.92 Å². The number of hydrogen-bond donors (Lipinski definition) is 1. The van der Waals surface area contributed by atoms with Crippen molar-refractivity contribution in [3.05, 3.63) is 35.6 Å². The van der Waals surface area contributed by atoms with Crippen LogP contribution >= 0.6 is 0 Å². The molecule has 146 valence electrons. The van der Waals surface area contributed by atoms with E-state index in [1.165, 1.54) is 12.1 Å². The second-order valence-corrected chi connectivity index (χ2v) is 7.25. The van der Waals surface area contributed by atoms with Crippen molar-refractivity contribution >= 4 is 5.91 Å². The number of nitrogens with zero attached hydrogens (tertiary/aromatic N) is 1. The van der Waals surface area contributed by atoms with Gasteiger partial charge in [-0.3, -0.25) is 9.69 Å². The van der Waals surface area contributed by atoms with Crippen molar-refractivity contribution in [2.45, 2.75) is 52.0 Å². The summed E-state index contributed by atoms with van der Waals surface area (Å²) in [6.07, 6.45) is 2.64. The molecule has 0 aliphatic carbocycles. The maximum absolute atomic E-state index is 13.0. The van der Waals surface area contributed by atoms with Crippen LogP contribution in [0.5, 0.6) is 0 Å². The van der Waals surface area contributed by atoms with Crippen LogP contribution in [0.3, 0.4) is 0 Å². The van der Waals surface area contributed by atoms with Crippen LogP contribution in [-0.2, 0) is 9.53 Å². The highest BCUT2D eigenvalue weighted by atomic mass is 19.1. The number of carbonyl (C=O) groups is 1. The first-order valence-electron chi connectivity index (χ1n) is 9.89. The van der Waals surface area contributed by atoms with Gasteiger partial charge in [0, 0.05) is 32.1 Å². The molecular weight excluding hydrogens is 331 g/mol. The summed E-state index contributed by atoms with van der Waals surface area (Å²) in [7, 11) is 0. The van der Waals surface area contributed by atoms with Crippen molar-refractivity contribution in [2.75, 3.05) is 32.8 Å². The summed E-state index contributed by atoms with van der Waals surface area (Å²) < 4.78 is 18.5. The third-order valence-corrected chi connectivity index (χ3v) is 5.55. The standard InChI is InChI=1S/C21H33FN2O2/c1-4-17(5-2)20(24-10-12-26-13-11-24)15-23-21(25)14-16(3)18-6-8-19(22)9-7-18/h6-9,16-17,20H,4-5,10-15H2,1-3H3,(H,23,25). The molecule has 0 bridgehead atoms. The monoisotopic (exact) mass is 364 g/mol. The Morgan fingerprint density at radius 2 is 1.81 bits per heavy atom. The molecule has 4 nitrogen and oxygen atoms in total. The molecule has 1 aromatic rings. The number of halogens is 1. The molecule has 5 heteroatoms. The number of benzene rings is 1. The van der Waals surface area contributed by atoms with Crippen molar-refractivity contribution < 1.29 is 13.9 Å². The molecule has 0 radical (unpaired) electrons. The average molecular weight is 365 g/mol. The van der Waals surface area contributed by atoms with E-state index in [-0.39, 0.29) is 17.6 Å². The molecule has 1 fully saturated rings. The van der Waals surface area contributed by atoms with Crippen molar-refractivity contribution in [1.29, 1.82) is 0 Å². The van der Waals surface area contributed by atoms with Gasteiger partial charge in [0.2, 0.25) is 5.91 Å². The first-order valence-corrected chi connectivity index (χ1v) is 9.89. The summed E-state index contributed by atoms with van der Waals surface area (Å²) in [5.74, 6) is 0.462. The average Bonchev–Trinajstić information content (AvgIpc) is 2.66. The Labute approximate surface area is 157 Å². The Bertz CT molecular complexity index is 539. The second kappa shape index (κ2) is 10.6. The lowest BCUT2D eigenvalue weighted by molar-refractivity contribution is -0.121. The fraction of sp³-hybridized carbons (Fsp3) is 0.667. The quantitative estimate of drug-likeness (QED) is 0.728. The smallest absolute Gasteiger partial charge is 0.220 e. The number of amides is 1. The van der Waals surface area contributed by atoms with Gasteiger partial charge in [-0.05, 0) is 29.5 Å². The Morgan fingerprint density at radius 3 is 2.38 bits per heavy atom. The van der Waals surface area contributed by atoms with E-state index in [1.807, 2.05) is 6.92 Å². The molecule has 2 rings (SSSR count). The molecule has 1 aromatic carbocycles. The number of morpholine rings is 1. The first kappa shape index (κ1) is 20.8. The minimum absolute atomic E-state index is 0.0611. The second-order valence-electron chi connectivity index (χ2n) is 7.25. The van der Waals surface area contributed by atoms with E-state index in [0.717, 1.165) is 44.7 Å². The van der Waals surface area contributed by atoms with Crippen LogP contribution in [-0.4, -0.2) is 49.7 Å². The van der Waals surface area contributed by atoms with Crippen LogP contribution in [0.1, 0.15) is 51.5 Å². The molecule has 1 saturated heterocycles. The molecule has 2 unspecified atom stereocenters. The lowest BCUT2D eigenvalue weighted by Crippen LogP contribution is -2.52. The predicted octanol–water partition coefficient (Wildman–Crippen LogP) is 3.57. The highest BCUT2D eigenvalue weighted by molar-refractivity contribution is 5.76. The van der Waals surface area contributed by atoms with Gasteiger partial charge in [-0.25, -0.2) is 4.39 Å². The molecule has 0 aromatic heterocycles. The van der Waals surface area contributed by atoms with Gasteiger partial charge in [-0.1, -0.05) is 45.7 Å². The van der Waals surface area contributed by atoms with E-state index in [0.29, 0.717) is 24.9 Å². The zero-order chi connectivity index (χ0) is 18.9. The van der Waals surface area contributed by atoms with Crippen LogP contribution in [0, 0.1) is 11.7 Å². The predicted molar refractivity (Wildman–Crippen MR) is 103 cm³/mol. The highest BCUT2D eigenvalue weighted by Crippen LogP contribution is 2.21. The lowest BCUT2D eigenvalue weighted by Gasteiger charge is -2.38. The minimum atomic E-state index is -0.246. The molecular formula is C21H33FN2O2. The number of carbonyl (C=O) groups excluding carboxylic acids is 1. The van der Waals surface area contributed by atoms with Crippen LogP contribution in [0.15, 0.2) is 24.3 Å². The van der Waals surface area contributed by atoms with E-state index in [9.17, 15) is 9.18 Å². The minimum Gasteiger partial charge on any atom is -0.379 e. The van der Waals surface area contributed by atoms with E-state index >= 15 is 0 Å². The van der Waals surface area contributed by atoms with Crippen LogP contribution in [0.2, 0.25) is 0 Å². The summed E-state index contributed by atoms with van der Waals surface area (Å²) in [5, 5.41) is 3.15. The van der Waals surface area contributed by atoms with E-state index in [2.05, 4.69) is 24.1 Å². The zero-order valence-electron chi connectivity index (χ0n) is 16.3. The van der Waals surface area contributed by atoms with Crippen molar-refractivity contribution in [3.63, 3.8) is 0 Å². The summed E-state index contributed by atoms with van der Waals surface area (Å²) >= 11 is 0. The van der Waals surface area contributed by atoms with E-state index < -0.39 is 0 Å². The molecule has 0 spiro atoms. The first-order chi connectivity index (χ1) is 12.5. The molecule has 26 heavy (non-hydrogen) atoms. The third kappa shape index (κ3) is 6.06. The largest absolute Gasteiger partial charge is 0.379 e. The summed E-state index contributed by atoms with van der Waals surface area (Å²) in [6.45, 7) is 10.5. The maximum Gasteiger partial charge on any atom is 0.220 e. The number of hydrogen-bond acceptors (Lipinski definition) is 3. The van der Waals surface area contributed by atoms with Gasteiger partial charge in [0.15, 0.2) is 0 Å². The molecule has 2 atom stereocenters. The summed E-state index contributed by atoms with van der Waals surface area (Å²) in [6, 6.07) is 6.78. The van der Waals surface area contributed by atoms with Gasteiger partial charge in [-0.15, -0.1) is 0 Å². The van der Waals surface area contributed by atoms with Gasteiger partial charge in [0.1, 0.15) is 5.82 Å². The van der Waals surface area contributed by atoms with E-state index in [1.54, 1.807) is 12.1 Å². The maximum atomic E-state index is 13.0. The number of ether oxygens (including phenoxy) is 1. The fourth-order valence-electron chi connectivity index (χ4n) is 3.81. The van der Waals surface area contributed by atoms with Crippen LogP contribution in [0.4, 0.5) is 4.39 Å². The van der Waals surface area contributed by atoms with E-state index in [4.69, 9.17) is 4.74 Å². The Hall–Kier alpha value is -1.46. The molecule has 0 saturated carbocycles. The third-order valence-electron chi connectivity index (χ3n) is 5.55. The Balaban J connectivity index is 1.89. The molecule has 1 aliphatic rings. The Kier molecular flexibility index (Phi) is 8.52. The lowest BCUT2D eigenvalue weighted by atomic mass is 9.92. The molecule has 1 N–H and O–H groups in total. The van der Waals surface area contributed by atoms with Gasteiger partial charge in [0.05, 0.1) is 13.2 Å². The molecule has 1 heterocycles. The summed E-state index contributed by atoms with van der Waals surface area (Å²) in [5.41, 5.74) is 0.992. The SMILES string of the molecule is CCC(CC)C(CNC(=O)CC(C)c1ccc(F)cc1)N1CCOCC1. The Morgan fingerprint density at radius 1 is 1.19 bits per heavy atom. The zero-order valence-corrected chi connectivity index (χ0v) is 16.3. The highest BCUT2D eigenvalue weighted by Gasteiger charge is 2.27. The van der Waals surface area contributed by atoms with Gasteiger partial charge >= 0.3 is 0 Å². The number of rotatable bonds is 9. The van der Waals surface area contributed by atoms with Crippen LogP contribution in [0.25, 0.3) is 0 Å². The summed E-state index contributed by atoms with van der Waals surface area (Å²) in [4.78, 5) is 14.9. The fourth-order valence-corrected chi connectivity index (χ4v) is 3.81. The number of nitrogens with one attached hydrogen (secondary N) is 1. The van der Waals surface area contributed by atoms with Crippen molar-refractivity contribution in [3.8, 4) is 0 Å². The molecule has 1 aliphatic heterocycles. The van der Waals surface area contributed by atoms with Crippen LogP contribution < -0.4 is 5.32 Å². The van der Waals surface area contributed by atoms with Gasteiger partial charge in [0.25, 0.3) is 0 Å². The van der Waals surface area contributed by atoms with Gasteiger partial charge in [-0.2, -0.15) is 0 Å². The topological polar surface area (TPSA) is 41.6 Å².